The number of likely N-dealkylation sites (tertiary alicyclic amines) is 1. The van der Waals surface area contributed by atoms with Crippen LogP contribution in [0.3, 0.4) is 0 Å². The minimum atomic E-state index is -0.858. The minimum absolute atomic E-state index is 0.0926. The van der Waals surface area contributed by atoms with E-state index in [1.165, 1.54) is 0 Å². The Bertz CT molecular complexity index is 1410. The Morgan fingerprint density at radius 2 is 1.77 bits per heavy atom. The van der Waals surface area contributed by atoms with Crippen LogP contribution < -0.4 is 9.80 Å². The Hall–Kier alpha value is -3.56. The molecule has 3 aliphatic heterocycles. The lowest BCUT2D eigenvalue weighted by molar-refractivity contribution is -0.154. The van der Waals surface area contributed by atoms with Gasteiger partial charge in [0.15, 0.2) is 0 Å². The molecule has 0 aromatic heterocycles. The van der Waals surface area contributed by atoms with Gasteiger partial charge in [0, 0.05) is 36.3 Å². The molecule has 3 saturated heterocycles. The second-order valence-electron chi connectivity index (χ2n) is 12.7. The molecule has 1 spiro atoms. The van der Waals surface area contributed by atoms with Gasteiger partial charge in [-0.25, -0.2) is 0 Å². The maximum absolute atomic E-state index is 15.0. The van der Waals surface area contributed by atoms with Gasteiger partial charge in [0.2, 0.25) is 5.91 Å². The molecule has 9 heteroatoms. The average molecular weight is 660 g/mol. The van der Waals surface area contributed by atoms with Crippen LogP contribution in [0.15, 0.2) is 79.9 Å². The number of benzene rings is 2. The van der Waals surface area contributed by atoms with Gasteiger partial charge in [0.25, 0.3) is 5.91 Å². The summed E-state index contributed by atoms with van der Waals surface area (Å²) in [6.07, 6.45) is 7.77. The summed E-state index contributed by atoms with van der Waals surface area (Å²) in [7, 11) is 0. The van der Waals surface area contributed by atoms with Crippen molar-refractivity contribution in [2.24, 2.45) is 11.8 Å². The van der Waals surface area contributed by atoms with Crippen molar-refractivity contribution in [1.82, 2.24) is 4.90 Å². The number of unbranched alkanes of at least 4 members (excludes halogenated alkanes) is 2. The van der Waals surface area contributed by atoms with E-state index in [1.54, 1.807) is 27.6 Å². The van der Waals surface area contributed by atoms with Gasteiger partial charge in [-0.3, -0.25) is 14.4 Å². The van der Waals surface area contributed by atoms with E-state index in [9.17, 15) is 14.7 Å². The van der Waals surface area contributed by atoms with Crippen LogP contribution in [-0.2, 0) is 25.5 Å². The highest BCUT2D eigenvalue weighted by molar-refractivity contribution is 8.02. The van der Waals surface area contributed by atoms with Gasteiger partial charge in [-0.15, -0.1) is 24.9 Å². The fourth-order valence-electron chi connectivity index (χ4n) is 7.86. The summed E-state index contributed by atoms with van der Waals surface area (Å²) in [5.74, 6) is -2.13. The summed E-state index contributed by atoms with van der Waals surface area (Å²) >= 11 is 1.62. The number of amides is 2. The zero-order chi connectivity index (χ0) is 33.6. The molecule has 6 atom stereocenters. The van der Waals surface area contributed by atoms with E-state index in [2.05, 4.69) is 31.9 Å². The van der Waals surface area contributed by atoms with Crippen molar-refractivity contribution in [1.29, 1.82) is 0 Å². The van der Waals surface area contributed by atoms with E-state index in [1.807, 2.05) is 60.7 Å². The molecule has 3 fully saturated rings. The SMILES string of the molecule is C=CCCCCOC(=O)[C@@H]1[C@H]2C(=O)N([C@@H](CO)Cc3ccccc3)C(C(=O)N(CC=C)c3ccc(N(CC)CC)cc3)C23CC[C@H]1S3. The molecule has 3 aliphatic rings. The van der Waals surface area contributed by atoms with Gasteiger partial charge in [0.1, 0.15) is 6.04 Å². The van der Waals surface area contributed by atoms with Crippen molar-refractivity contribution in [3.05, 3.63) is 85.5 Å². The van der Waals surface area contributed by atoms with Crippen LogP contribution in [0, 0.1) is 11.8 Å². The summed E-state index contributed by atoms with van der Waals surface area (Å²) in [5, 5.41) is 10.7. The molecule has 1 N–H and O–H groups in total. The van der Waals surface area contributed by atoms with E-state index in [0.29, 0.717) is 19.4 Å². The number of hydrogen-bond acceptors (Lipinski definition) is 7. The average Bonchev–Trinajstić information content (AvgIpc) is 3.74. The first-order chi connectivity index (χ1) is 22.8. The predicted octanol–water partition coefficient (Wildman–Crippen LogP) is 5.65. The number of carbonyl (C=O) groups is 3. The number of nitrogens with zero attached hydrogens (tertiary/aromatic N) is 3. The maximum atomic E-state index is 15.0. The van der Waals surface area contributed by atoms with E-state index in [-0.39, 0.29) is 36.2 Å². The fourth-order valence-corrected chi connectivity index (χ4v) is 10.0. The highest BCUT2D eigenvalue weighted by Gasteiger charge is 2.74. The zero-order valence-corrected chi connectivity index (χ0v) is 28.6. The molecule has 2 amide bonds. The number of carbonyl (C=O) groups excluding carboxylic acids is 3. The van der Waals surface area contributed by atoms with Gasteiger partial charge < -0.3 is 24.5 Å². The lowest BCUT2D eigenvalue weighted by Crippen LogP contribution is -2.58. The summed E-state index contributed by atoms with van der Waals surface area (Å²) in [6.45, 7) is 13.9. The summed E-state index contributed by atoms with van der Waals surface area (Å²) in [4.78, 5) is 49.0. The Morgan fingerprint density at radius 3 is 2.40 bits per heavy atom. The second-order valence-corrected chi connectivity index (χ2v) is 14.3. The number of ether oxygens (including phenoxy) is 1. The normalized spacial score (nSPS) is 24.9. The summed E-state index contributed by atoms with van der Waals surface area (Å²) < 4.78 is 4.98. The molecule has 5 rings (SSSR count). The molecule has 0 radical (unpaired) electrons. The quantitative estimate of drug-likeness (QED) is 0.134. The zero-order valence-electron chi connectivity index (χ0n) is 27.8. The maximum Gasteiger partial charge on any atom is 0.310 e. The smallest absolute Gasteiger partial charge is 0.310 e. The molecule has 2 bridgehead atoms. The highest BCUT2D eigenvalue weighted by Crippen LogP contribution is 2.67. The highest BCUT2D eigenvalue weighted by atomic mass is 32.2. The number of rotatable bonds is 17. The number of esters is 1. The number of hydrogen-bond donors (Lipinski definition) is 1. The third-order valence-electron chi connectivity index (χ3n) is 10.1. The molecule has 8 nitrogen and oxygen atoms in total. The van der Waals surface area contributed by atoms with Crippen LogP contribution in [0.1, 0.15) is 51.5 Å². The standard InChI is InChI=1S/C38H49N3O5S/c1-5-9-10-14-24-46-37(45)32-31-21-22-38(47-31)33(32)35(43)41(30(26-42)25-27-15-12-11-13-16-27)34(38)36(44)40(23-6-2)29-19-17-28(18-20-29)39(7-3)8-4/h5-6,11-13,15-20,30-34,42H,1-2,7-10,14,21-26H2,3-4H3/t30-,31-,32+,33+,34?,38?/m1/s1. The number of fused-ring (bicyclic) bond motifs is 1. The lowest BCUT2D eigenvalue weighted by atomic mass is 9.71. The molecule has 3 heterocycles. The van der Waals surface area contributed by atoms with Gasteiger partial charge in [0.05, 0.1) is 35.8 Å². The first-order valence-corrected chi connectivity index (χ1v) is 17.9. The van der Waals surface area contributed by atoms with Gasteiger partial charge >= 0.3 is 5.97 Å². The Kier molecular flexibility index (Phi) is 11.5. The van der Waals surface area contributed by atoms with Crippen molar-refractivity contribution in [2.75, 3.05) is 42.6 Å². The minimum Gasteiger partial charge on any atom is -0.465 e. The molecule has 2 unspecified atom stereocenters. The molecular formula is C38H49N3O5S. The fraction of sp³-hybridized carbons (Fsp3) is 0.500. The van der Waals surface area contributed by atoms with E-state index in [0.717, 1.165) is 55.7 Å². The monoisotopic (exact) mass is 659 g/mol. The predicted molar refractivity (Wildman–Crippen MR) is 190 cm³/mol. The van der Waals surface area contributed by atoms with Crippen molar-refractivity contribution < 1.29 is 24.2 Å². The van der Waals surface area contributed by atoms with Gasteiger partial charge in [-0.2, -0.15) is 0 Å². The van der Waals surface area contributed by atoms with Gasteiger partial charge in [-0.1, -0.05) is 42.5 Å². The lowest BCUT2D eigenvalue weighted by Gasteiger charge is -2.39. The Labute approximate surface area is 283 Å². The molecule has 0 saturated carbocycles. The first-order valence-electron chi connectivity index (χ1n) is 17.0. The molecule has 2 aromatic rings. The van der Waals surface area contributed by atoms with Gasteiger partial charge in [-0.05, 0) is 82.2 Å². The van der Waals surface area contributed by atoms with Crippen molar-refractivity contribution >= 4 is 40.9 Å². The van der Waals surface area contributed by atoms with Crippen LogP contribution in [0.4, 0.5) is 11.4 Å². The van der Waals surface area contributed by atoms with Crippen molar-refractivity contribution in [3.63, 3.8) is 0 Å². The largest absolute Gasteiger partial charge is 0.465 e. The number of aliphatic hydroxyl groups is 1. The number of allylic oxidation sites excluding steroid dienone is 1. The number of aliphatic hydroxyl groups excluding tert-OH is 1. The topological polar surface area (TPSA) is 90.4 Å². The molecule has 0 aliphatic carbocycles. The number of anilines is 2. The van der Waals surface area contributed by atoms with E-state index < -0.39 is 28.7 Å². The van der Waals surface area contributed by atoms with E-state index in [4.69, 9.17) is 4.74 Å². The molecular weight excluding hydrogens is 611 g/mol. The van der Waals surface area contributed by atoms with Crippen LogP contribution in [-0.4, -0.2) is 82.7 Å². The second kappa shape index (κ2) is 15.6. The van der Waals surface area contributed by atoms with Crippen molar-refractivity contribution in [3.8, 4) is 0 Å². The van der Waals surface area contributed by atoms with Crippen LogP contribution in [0.5, 0.6) is 0 Å². The van der Waals surface area contributed by atoms with Crippen LogP contribution >= 0.6 is 11.8 Å². The Morgan fingerprint density at radius 1 is 1.06 bits per heavy atom. The summed E-state index contributed by atoms with van der Waals surface area (Å²) in [5.41, 5.74) is 2.75. The Balaban J connectivity index is 1.52. The summed E-state index contributed by atoms with van der Waals surface area (Å²) in [6, 6.07) is 16.2. The third-order valence-corrected chi connectivity index (χ3v) is 12.0. The van der Waals surface area contributed by atoms with Crippen LogP contribution in [0.2, 0.25) is 0 Å². The molecule has 47 heavy (non-hydrogen) atoms. The first kappa shape index (κ1) is 34.8. The molecule has 2 aromatic carbocycles. The van der Waals surface area contributed by atoms with Crippen molar-refractivity contribution in [2.45, 2.75) is 74.5 Å². The van der Waals surface area contributed by atoms with E-state index >= 15 is 4.79 Å². The third kappa shape index (κ3) is 6.74. The molecule has 252 valence electrons. The van der Waals surface area contributed by atoms with Crippen LogP contribution in [0.25, 0.3) is 0 Å². The number of thioether (sulfide) groups is 1.